The van der Waals surface area contributed by atoms with Crippen LogP contribution in [0.1, 0.15) is 12.5 Å². The van der Waals surface area contributed by atoms with Gasteiger partial charge in [0, 0.05) is 6.54 Å². The number of amides is 1. The van der Waals surface area contributed by atoms with Gasteiger partial charge in [-0.2, -0.15) is 11.8 Å². The third-order valence-electron chi connectivity index (χ3n) is 2.21. The minimum Gasteiger partial charge on any atom is -0.392 e. The standard InChI is InChI=1S/C13H19NO2S/c1-11(15)9-14-13(16)10-17-8-7-12-5-3-2-4-6-12/h2-6,11,15H,7-10H2,1H3,(H,14,16). The summed E-state index contributed by atoms with van der Waals surface area (Å²) in [4.78, 5) is 11.3. The van der Waals surface area contributed by atoms with E-state index in [4.69, 9.17) is 5.11 Å². The summed E-state index contributed by atoms with van der Waals surface area (Å²) >= 11 is 1.61. The molecule has 0 saturated carbocycles. The number of aliphatic hydroxyl groups excluding tert-OH is 1. The molecule has 17 heavy (non-hydrogen) atoms. The maximum Gasteiger partial charge on any atom is 0.230 e. The van der Waals surface area contributed by atoms with Crippen LogP contribution in [0.3, 0.4) is 0 Å². The van der Waals surface area contributed by atoms with E-state index in [9.17, 15) is 4.79 Å². The summed E-state index contributed by atoms with van der Waals surface area (Å²) in [7, 11) is 0. The molecule has 1 aromatic rings. The van der Waals surface area contributed by atoms with Crippen LogP contribution < -0.4 is 5.32 Å². The van der Waals surface area contributed by atoms with Gasteiger partial charge in [-0.25, -0.2) is 0 Å². The van der Waals surface area contributed by atoms with Crippen LogP contribution in [-0.2, 0) is 11.2 Å². The van der Waals surface area contributed by atoms with E-state index in [1.54, 1.807) is 18.7 Å². The van der Waals surface area contributed by atoms with Gasteiger partial charge in [0.05, 0.1) is 11.9 Å². The minimum absolute atomic E-state index is 0.0102. The Kier molecular flexibility index (Phi) is 6.74. The van der Waals surface area contributed by atoms with E-state index in [1.165, 1.54) is 5.56 Å². The number of rotatable bonds is 7. The van der Waals surface area contributed by atoms with Gasteiger partial charge in [-0.05, 0) is 24.7 Å². The van der Waals surface area contributed by atoms with E-state index in [0.717, 1.165) is 12.2 Å². The van der Waals surface area contributed by atoms with E-state index in [-0.39, 0.29) is 5.91 Å². The Bertz CT molecular complexity index is 327. The molecular weight excluding hydrogens is 234 g/mol. The molecule has 0 aliphatic rings. The molecule has 0 bridgehead atoms. The molecular formula is C13H19NO2S. The summed E-state index contributed by atoms with van der Waals surface area (Å²) in [6, 6.07) is 10.2. The molecule has 0 spiro atoms. The third kappa shape index (κ3) is 7.02. The highest BCUT2D eigenvalue weighted by atomic mass is 32.2. The molecule has 0 aliphatic heterocycles. The topological polar surface area (TPSA) is 49.3 Å². The number of benzene rings is 1. The molecule has 1 atom stereocenters. The van der Waals surface area contributed by atoms with Gasteiger partial charge >= 0.3 is 0 Å². The van der Waals surface area contributed by atoms with Crippen molar-refractivity contribution in [3.63, 3.8) is 0 Å². The first-order chi connectivity index (χ1) is 8.18. The molecule has 1 aromatic carbocycles. The normalized spacial score (nSPS) is 12.1. The van der Waals surface area contributed by atoms with Gasteiger partial charge in [-0.15, -0.1) is 0 Å². The van der Waals surface area contributed by atoms with Crippen LogP contribution in [0, 0.1) is 0 Å². The van der Waals surface area contributed by atoms with Crippen molar-refractivity contribution in [1.29, 1.82) is 0 Å². The van der Waals surface area contributed by atoms with Crippen molar-refractivity contribution in [1.82, 2.24) is 5.32 Å². The second kappa shape index (κ2) is 8.14. The van der Waals surface area contributed by atoms with Gasteiger partial charge in [0.1, 0.15) is 0 Å². The first-order valence-electron chi connectivity index (χ1n) is 5.75. The molecule has 1 amide bonds. The summed E-state index contributed by atoms with van der Waals surface area (Å²) in [5.74, 6) is 1.38. The quantitative estimate of drug-likeness (QED) is 0.723. The van der Waals surface area contributed by atoms with Crippen LogP contribution >= 0.6 is 11.8 Å². The summed E-state index contributed by atoms with van der Waals surface area (Å²) in [5.41, 5.74) is 1.30. The molecule has 1 rings (SSSR count). The molecule has 0 aromatic heterocycles. The van der Waals surface area contributed by atoms with Crippen molar-refractivity contribution in [2.24, 2.45) is 0 Å². The number of thioether (sulfide) groups is 1. The SMILES string of the molecule is CC(O)CNC(=O)CSCCc1ccccc1. The van der Waals surface area contributed by atoms with Gasteiger partial charge < -0.3 is 10.4 Å². The lowest BCUT2D eigenvalue weighted by atomic mass is 10.2. The van der Waals surface area contributed by atoms with Gasteiger partial charge in [-0.1, -0.05) is 30.3 Å². The van der Waals surface area contributed by atoms with E-state index < -0.39 is 6.10 Å². The Morgan fingerprint density at radius 1 is 1.41 bits per heavy atom. The van der Waals surface area contributed by atoms with E-state index in [2.05, 4.69) is 17.4 Å². The highest BCUT2D eigenvalue weighted by molar-refractivity contribution is 7.99. The van der Waals surface area contributed by atoms with Crippen LogP contribution in [0.2, 0.25) is 0 Å². The molecule has 0 heterocycles. The number of nitrogens with one attached hydrogen (secondary N) is 1. The van der Waals surface area contributed by atoms with E-state index in [0.29, 0.717) is 12.3 Å². The number of hydrogen-bond donors (Lipinski definition) is 2. The van der Waals surface area contributed by atoms with Gasteiger partial charge in [-0.3, -0.25) is 4.79 Å². The predicted molar refractivity (Wildman–Crippen MR) is 72.2 cm³/mol. The van der Waals surface area contributed by atoms with Crippen molar-refractivity contribution in [2.45, 2.75) is 19.4 Å². The van der Waals surface area contributed by atoms with Crippen LogP contribution in [0.5, 0.6) is 0 Å². The fraction of sp³-hybridized carbons (Fsp3) is 0.462. The van der Waals surface area contributed by atoms with Crippen molar-refractivity contribution < 1.29 is 9.90 Å². The first-order valence-corrected chi connectivity index (χ1v) is 6.90. The first kappa shape index (κ1) is 14.1. The average Bonchev–Trinajstić information content (AvgIpc) is 2.33. The van der Waals surface area contributed by atoms with Crippen LogP contribution in [0.15, 0.2) is 30.3 Å². The maximum absolute atomic E-state index is 11.3. The molecule has 0 aliphatic carbocycles. The Hall–Kier alpha value is -1.00. The zero-order chi connectivity index (χ0) is 12.5. The zero-order valence-electron chi connectivity index (χ0n) is 10.1. The molecule has 1 unspecified atom stereocenters. The smallest absolute Gasteiger partial charge is 0.230 e. The average molecular weight is 253 g/mol. The van der Waals surface area contributed by atoms with Gasteiger partial charge in [0.15, 0.2) is 0 Å². The summed E-state index contributed by atoms with van der Waals surface area (Å²) < 4.78 is 0. The van der Waals surface area contributed by atoms with Crippen LogP contribution in [-0.4, -0.2) is 35.2 Å². The molecule has 3 nitrogen and oxygen atoms in total. The molecule has 94 valence electrons. The lowest BCUT2D eigenvalue weighted by molar-refractivity contribution is -0.118. The third-order valence-corrected chi connectivity index (χ3v) is 3.16. The summed E-state index contributed by atoms with van der Waals surface area (Å²) in [6.07, 6.45) is 0.503. The predicted octanol–water partition coefficient (Wildman–Crippen LogP) is 1.46. The van der Waals surface area contributed by atoms with Crippen LogP contribution in [0.4, 0.5) is 0 Å². The number of aliphatic hydroxyl groups is 1. The Morgan fingerprint density at radius 3 is 2.76 bits per heavy atom. The van der Waals surface area contributed by atoms with Crippen LogP contribution in [0.25, 0.3) is 0 Å². The number of hydrogen-bond acceptors (Lipinski definition) is 3. The monoisotopic (exact) mass is 253 g/mol. The highest BCUT2D eigenvalue weighted by Crippen LogP contribution is 2.06. The highest BCUT2D eigenvalue weighted by Gasteiger charge is 2.02. The fourth-order valence-electron chi connectivity index (χ4n) is 1.31. The molecule has 0 saturated heterocycles. The van der Waals surface area contributed by atoms with E-state index in [1.807, 2.05) is 18.2 Å². The Morgan fingerprint density at radius 2 is 2.12 bits per heavy atom. The Balaban J connectivity index is 2.06. The maximum atomic E-state index is 11.3. The Labute approximate surface area is 107 Å². The largest absolute Gasteiger partial charge is 0.392 e. The van der Waals surface area contributed by atoms with Crippen molar-refractivity contribution in [3.8, 4) is 0 Å². The summed E-state index contributed by atoms with van der Waals surface area (Å²) in [6.45, 7) is 1.99. The molecule has 0 fully saturated rings. The van der Waals surface area contributed by atoms with Gasteiger partial charge in [0.25, 0.3) is 0 Å². The number of aryl methyl sites for hydroxylation is 1. The second-order valence-electron chi connectivity index (χ2n) is 3.94. The fourth-order valence-corrected chi connectivity index (χ4v) is 2.12. The summed E-state index contributed by atoms with van der Waals surface area (Å²) in [5, 5.41) is 11.7. The second-order valence-corrected chi connectivity index (χ2v) is 5.05. The zero-order valence-corrected chi connectivity index (χ0v) is 10.9. The lowest BCUT2D eigenvalue weighted by Gasteiger charge is -2.06. The van der Waals surface area contributed by atoms with Crippen molar-refractivity contribution in [2.75, 3.05) is 18.1 Å². The number of carbonyl (C=O) groups is 1. The number of carbonyl (C=O) groups excluding carboxylic acids is 1. The lowest BCUT2D eigenvalue weighted by Crippen LogP contribution is -2.31. The van der Waals surface area contributed by atoms with Crippen molar-refractivity contribution >= 4 is 17.7 Å². The van der Waals surface area contributed by atoms with Crippen molar-refractivity contribution in [3.05, 3.63) is 35.9 Å². The minimum atomic E-state index is -0.478. The molecule has 2 N–H and O–H groups in total. The van der Waals surface area contributed by atoms with Gasteiger partial charge in [0.2, 0.25) is 5.91 Å². The van der Waals surface area contributed by atoms with E-state index >= 15 is 0 Å². The molecule has 0 radical (unpaired) electrons. The molecule has 4 heteroatoms.